The van der Waals surface area contributed by atoms with Crippen molar-refractivity contribution in [2.24, 2.45) is 0 Å². The first-order valence-corrected chi connectivity index (χ1v) is 18.0. The normalized spacial score (nSPS) is 15.6. The molecule has 49 heavy (non-hydrogen) atoms. The fraction of sp³-hybridized carbons (Fsp3) is 0.0417. The van der Waals surface area contributed by atoms with Gasteiger partial charge in [0.25, 0.3) is 0 Å². The van der Waals surface area contributed by atoms with Crippen molar-refractivity contribution in [1.29, 1.82) is 0 Å². The Hall–Kier alpha value is -5.63. The van der Waals surface area contributed by atoms with E-state index in [2.05, 4.69) is 164 Å². The molecule has 1 aliphatic carbocycles. The van der Waals surface area contributed by atoms with Crippen LogP contribution in [-0.4, -0.2) is 0 Å². The minimum absolute atomic E-state index is 0.401. The SMILES string of the molecule is C1=CC(c2ccc(-c3ccc4c5ccccc5c5ccccc5c4c3)cc2)=C2Sc3c(ccc4c5ccccc5c5ccccc5c34)C2C1. The van der Waals surface area contributed by atoms with E-state index < -0.39 is 0 Å². The molecule has 9 aromatic carbocycles. The van der Waals surface area contributed by atoms with Crippen LogP contribution in [0.2, 0.25) is 0 Å². The number of thioether (sulfide) groups is 1. The Kier molecular flexibility index (Phi) is 5.82. The van der Waals surface area contributed by atoms with Crippen molar-refractivity contribution in [2.75, 3.05) is 0 Å². The quantitative estimate of drug-likeness (QED) is 0.170. The Balaban J connectivity index is 1.03. The van der Waals surface area contributed by atoms with Crippen molar-refractivity contribution in [3.8, 4) is 11.1 Å². The summed E-state index contributed by atoms with van der Waals surface area (Å²) >= 11 is 2.01. The highest BCUT2D eigenvalue weighted by atomic mass is 32.2. The minimum Gasteiger partial charge on any atom is -0.0923 e. The first kappa shape index (κ1) is 27.3. The Morgan fingerprint density at radius 1 is 0.408 bits per heavy atom. The minimum atomic E-state index is 0.401. The molecule has 1 atom stereocenters. The van der Waals surface area contributed by atoms with Gasteiger partial charge in [0.15, 0.2) is 0 Å². The summed E-state index contributed by atoms with van der Waals surface area (Å²) in [5.74, 6) is 0.401. The Morgan fingerprint density at radius 3 is 1.47 bits per heavy atom. The molecule has 0 nitrogen and oxygen atoms in total. The van der Waals surface area contributed by atoms with Crippen LogP contribution in [0.4, 0.5) is 0 Å². The summed E-state index contributed by atoms with van der Waals surface area (Å²) in [6.07, 6.45) is 5.80. The lowest BCUT2D eigenvalue weighted by molar-refractivity contribution is 0.844. The molecule has 0 spiro atoms. The lowest BCUT2D eigenvalue weighted by atomic mass is 9.85. The average molecular weight is 639 g/mol. The zero-order valence-electron chi connectivity index (χ0n) is 26.8. The maximum atomic E-state index is 2.41. The molecule has 2 aliphatic rings. The van der Waals surface area contributed by atoms with Crippen LogP contribution in [-0.2, 0) is 0 Å². The zero-order chi connectivity index (χ0) is 32.1. The molecule has 1 heterocycles. The molecule has 0 fully saturated rings. The molecule has 9 aromatic rings. The summed E-state index contributed by atoms with van der Waals surface area (Å²) in [5.41, 5.74) is 6.62. The van der Waals surface area contributed by atoms with Gasteiger partial charge in [-0.05, 0) is 99.6 Å². The summed E-state index contributed by atoms with van der Waals surface area (Å²) < 4.78 is 0. The number of hydrogen-bond donors (Lipinski definition) is 0. The Labute approximate surface area is 289 Å². The molecule has 228 valence electrons. The van der Waals surface area contributed by atoms with Gasteiger partial charge in [0, 0.05) is 21.1 Å². The van der Waals surface area contributed by atoms with Gasteiger partial charge in [-0.3, -0.25) is 0 Å². The first-order valence-electron chi connectivity index (χ1n) is 17.2. The maximum Gasteiger partial charge on any atom is 0.0243 e. The molecule has 11 rings (SSSR count). The van der Waals surface area contributed by atoms with Crippen molar-refractivity contribution < 1.29 is 0 Å². The van der Waals surface area contributed by atoms with Crippen LogP contribution in [0.3, 0.4) is 0 Å². The van der Waals surface area contributed by atoms with Gasteiger partial charge in [0.05, 0.1) is 0 Å². The van der Waals surface area contributed by atoms with Gasteiger partial charge in [-0.25, -0.2) is 0 Å². The first-order chi connectivity index (χ1) is 24.3. The molecule has 0 aromatic heterocycles. The summed E-state index contributed by atoms with van der Waals surface area (Å²) in [4.78, 5) is 2.92. The van der Waals surface area contributed by atoms with E-state index >= 15 is 0 Å². The van der Waals surface area contributed by atoms with Crippen molar-refractivity contribution in [1.82, 2.24) is 0 Å². The number of benzene rings is 9. The molecule has 0 radical (unpaired) electrons. The fourth-order valence-electron chi connectivity index (χ4n) is 8.73. The van der Waals surface area contributed by atoms with Crippen LogP contribution in [0, 0.1) is 0 Å². The molecule has 1 aliphatic heterocycles. The number of hydrogen-bond acceptors (Lipinski definition) is 1. The molecule has 1 unspecified atom stereocenters. The monoisotopic (exact) mass is 638 g/mol. The van der Waals surface area contributed by atoms with Gasteiger partial charge in [-0.1, -0.05) is 170 Å². The van der Waals surface area contributed by atoms with Crippen LogP contribution in [0.15, 0.2) is 174 Å². The van der Waals surface area contributed by atoms with E-state index in [1.807, 2.05) is 11.8 Å². The lowest BCUT2D eigenvalue weighted by Gasteiger charge is -2.19. The van der Waals surface area contributed by atoms with E-state index in [1.54, 1.807) is 0 Å². The van der Waals surface area contributed by atoms with Crippen molar-refractivity contribution in [2.45, 2.75) is 17.2 Å². The van der Waals surface area contributed by atoms with Crippen LogP contribution in [0.5, 0.6) is 0 Å². The summed E-state index contributed by atoms with van der Waals surface area (Å²) in [7, 11) is 0. The van der Waals surface area contributed by atoms with Gasteiger partial charge < -0.3 is 0 Å². The van der Waals surface area contributed by atoms with Crippen molar-refractivity contribution in [3.05, 3.63) is 180 Å². The smallest absolute Gasteiger partial charge is 0.0243 e. The van der Waals surface area contributed by atoms with Crippen molar-refractivity contribution >= 4 is 82.0 Å². The highest BCUT2D eigenvalue weighted by molar-refractivity contribution is 8.04. The lowest BCUT2D eigenvalue weighted by Crippen LogP contribution is -2.01. The Bertz CT molecular complexity index is 2850. The second kappa shape index (κ2) is 10.4. The van der Waals surface area contributed by atoms with Gasteiger partial charge in [-0.15, -0.1) is 0 Å². The molecule has 0 amide bonds. The molecule has 0 bridgehead atoms. The van der Waals surface area contributed by atoms with Crippen molar-refractivity contribution in [3.63, 3.8) is 0 Å². The van der Waals surface area contributed by atoms with Gasteiger partial charge in [-0.2, -0.15) is 0 Å². The summed E-state index contributed by atoms with van der Waals surface area (Å²) in [6.45, 7) is 0. The van der Waals surface area contributed by atoms with E-state index in [0.29, 0.717) is 5.92 Å². The molecular weight excluding hydrogens is 609 g/mol. The van der Waals surface area contributed by atoms with E-state index in [-0.39, 0.29) is 0 Å². The van der Waals surface area contributed by atoms with Gasteiger partial charge in [0.2, 0.25) is 0 Å². The highest BCUT2D eigenvalue weighted by Gasteiger charge is 2.33. The van der Waals surface area contributed by atoms with Crippen LogP contribution in [0.1, 0.15) is 23.5 Å². The molecule has 0 N–H and O–H groups in total. The van der Waals surface area contributed by atoms with Gasteiger partial charge in [0.1, 0.15) is 0 Å². The molecular formula is C48H30S. The standard InChI is InChI=1S/C48H30S/c1-2-12-35-33(10-1)34-11-4-6-16-39(34)45-28-31(24-25-40(35)45)29-20-22-30(23-21-29)32-18-9-19-43-44-27-26-42-38-15-5-3-13-36(38)37-14-7-8-17-41(37)46(42)48(44)49-47(32)43/h1-18,20-28,43H,19H2. The van der Waals surface area contributed by atoms with E-state index in [0.717, 1.165) is 6.42 Å². The largest absolute Gasteiger partial charge is 0.0923 e. The Morgan fingerprint density at radius 2 is 0.857 bits per heavy atom. The van der Waals surface area contributed by atoms with E-state index in [4.69, 9.17) is 0 Å². The molecule has 0 saturated heterocycles. The highest BCUT2D eigenvalue weighted by Crippen LogP contribution is 2.58. The third-order valence-corrected chi connectivity index (χ3v) is 12.4. The molecule has 1 heteroatoms. The third-order valence-electron chi connectivity index (χ3n) is 11.0. The van der Waals surface area contributed by atoms with Gasteiger partial charge >= 0.3 is 0 Å². The topological polar surface area (TPSA) is 0 Å². The number of allylic oxidation sites excluding steroid dienone is 4. The summed E-state index contributed by atoms with van der Waals surface area (Å²) in [5, 5.41) is 16.0. The second-order valence-electron chi connectivity index (χ2n) is 13.5. The summed E-state index contributed by atoms with van der Waals surface area (Å²) in [6, 6.07) is 56.6. The average Bonchev–Trinajstić information content (AvgIpc) is 3.57. The second-order valence-corrected chi connectivity index (χ2v) is 14.5. The van der Waals surface area contributed by atoms with Crippen LogP contribution >= 0.6 is 11.8 Å². The third kappa shape index (κ3) is 3.94. The number of fused-ring (bicyclic) bond motifs is 16. The zero-order valence-corrected chi connectivity index (χ0v) is 27.6. The van der Waals surface area contributed by atoms with Crippen LogP contribution < -0.4 is 0 Å². The number of rotatable bonds is 2. The maximum absolute atomic E-state index is 2.41. The predicted molar refractivity (Wildman–Crippen MR) is 213 cm³/mol. The van der Waals surface area contributed by atoms with E-state index in [9.17, 15) is 0 Å². The van der Waals surface area contributed by atoms with E-state index in [1.165, 1.54) is 102 Å². The molecule has 0 saturated carbocycles. The fourth-order valence-corrected chi connectivity index (χ4v) is 10.3. The predicted octanol–water partition coefficient (Wildman–Crippen LogP) is 13.8. The van der Waals surface area contributed by atoms with Crippen LogP contribution in [0.25, 0.3) is 81.3 Å².